The average Bonchev–Trinajstić information content (AvgIpc) is 2.36. The molecule has 1 aliphatic carbocycles. The molecule has 0 spiro atoms. The van der Waals surface area contributed by atoms with Gasteiger partial charge in [-0.1, -0.05) is 6.92 Å². The first-order valence-corrected chi connectivity index (χ1v) is 9.61. The second-order valence-corrected chi connectivity index (χ2v) is 8.32. The normalized spacial score (nSPS) is 25.6. The van der Waals surface area contributed by atoms with Gasteiger partial charge in [-0.05, 0) is 44.6 Å². The van der Waals surface area contributed by atoms with Crippen molar-refractivity contribution < 1.29 is 18.3 Å². The van der Waals surface area contributed by atoms with Crippen LogP contribution in [0, 0.1) is 5.92 Å². The molecule has 0 aromatic carbocycles. The van der Waals surface area contributed by atoms with E-state index >= 15 is 0 Å². The van der Waals surface area contributed by atoms with E-state index < -0.39 is 15.9 Å². The van der Waals surface area contributed by atoms with Crippen LogP contribution in [0.2, 0.25) is 0 Å². The number of hydrogen-bond donors (Lipinski definition) is 2. The maximum atomic E-state index is 10.9. The SMILES string of the molecule is CC1CCC(OCC(O)CNCCCS(C)(=O)=O)CC1. The molecule has 0 radical (unpaired) electrons. The number of hydrogen-bond acceptors (Lipinski definition) is 5. The zero-order valence-electron chi connectivity index (χ0n) is 12.7. The minimum absolute atomic E-state index is 0.187. The first-order chi connectivity index (χ1) is 9.37. The van der Waals surface area contributed by atoms with Gasteiger partial charge in [0.1, 0.15) is 9.84 Å². The summed E-state index contributed by atoms with van der Waals surface area (Å²) in [7, 11) is -2.88. The molecule has 120 valence electrons. The minimum Gasteiger partial charge on any atom is -0.389 e. The van der Waals surface area contributed by atoms with Crippen LogP contribution in [0.3, 0.4) is 0 Å². The van der Waals surface area contributed by atoms with Gasteiger partial charge in [0.2, 0.25) is 0 Å². The molecule has 1 atom stereocenters. The maximum Gasteiger partial charge on any atom is 0.147 e. The summed E-state index contributed by atoms with van der Waals surface area (Å²) >= 11 is 0. The third kappa shape index (κ3) is 8.89. The van der Waals surface area contributed by atoms with Crippen LogP contribution >= 0.6 is 0 Å². The van der Waals surface area contributed by atoms with Gasteiger partial charge in [-0.15, -0.1) is 0 Å². The molecule has 20 heavy (non-hydrogen) atoms. The molecule has 1 rings (SSSR count). The molecule has 0 aromatic heterocycles. The standard InChI is InChI=1S/C14H29NO4S/c1-12-4-6-14(7-5-12)19-11-13(16)10-15-8-3-9-20(2,17)18/h12-16H,3-11H2,1-2H3. The van der Waals surface area contributed by atoms with Crippen molar-refractivity contribution in [3.8, 4) is 0 Å². The lowest BCUT2D eigenvalue weighted by Gasteiger charge is -2.27. The number of aliphatic hydroxyl groups excluding tert-OH is 1. The van der Waals surface area contributed by atoms with E-state index in [0.717, 1.165) is 18.8 Å². The molecular formula is C14H29NO4S. The fourth-order valence-corrected chi connectivity index (χ4v) is 3.10. The van der Waals surface area contributed by atoms with Crippen molar-refractivity contribution in [2.75, 3.05) is 31.7 Å². The lowest BCUT2D eigenvalue weighted by Crippen LogP contribution is -2.33. The van der Waals surface area contributed by atoms with Gasteiger partial charge in [0, 0.05) is 12.8 Å². The van der Waals surface area contributed by atoms with E-state index in [0.29, 0.717) is 32.2 Å². The summed E-state index contributed by atoms with van der Waals surface area (Å²) in [6, 6.07) is 0. The van der Waals surface area contributed by atoms with E-state index in [1.54, 1.807) is 0 Å². The average molecular weight is 307 g/mol. The van der Waals surface area contributed by atoms with E-state index in [2.05, 4.69) is 12.2 Å². The summed E-state index contributed by atoms with van der Waals surface area (Å²) in [5.74, 6) is 0.989. The monoisotopic (exact) mass is 307 g/mol. The Bertz CT molecular complexity index is 350. The molecule has 6 heteroatoms. The zero-order chi connectivity index (χ0) is 15.0. The van der Waals surface area contributed by atoms with E-state index in [-0.39, 0.29) is 5.75 Å². The summed E-state index contributed by atoms with van der Waals surface area (Å²) < 4.78 is 27.6. The van der Waals surface area contributed by atoms with Gasteiger partial charge in [0.25, 0.3) is 0 Å². The number of nitrogens with one attached hydrogen (secondary N) is 1. The molecule has 1 fully saturated rings. The summed E-state index contributed by atoms with van der Waals surface area (Å²) in [5, 5.41) is 12.8. The second kappa shape index (κ2) is 8.97. The van der Waals surface area contributed by atoms with Gasteiger partial charge in [-0.3, -0.25) is 0 Å². The predicted octanol–water partition coefficient (Wildman–Crippen LogP) is 0.967. The lowest BCUT2D eigenvalue weighted by atomic mass is 9.89. The Morgan fingerprint density at radius 1 is 1.30 bits per heavy atom. The van der Waals surface area contributed by atoms with Crippen molar-refractivity contribution in [1.29, 1.82) is 0 Å². The molecule has 0 amide bonds. The predicted molar refractivity (Wildman–Crippen MR) is 80.6 cm³/mol. The van der Waals surface area contributed by atoms with Gasteiger partial charge in [-0.25, -0.2) is 8.42 Å². The number of rotatable bonds is 9. The van der Waals surface area contributed by atoms with E-state index in [9.17, 15) is 13.5 Å². The van der Waals surface area contributed by atoms with Crippen LogP contribution in [0.15, 0.2) is 0 Å². The Balaban J connectivity index is 1.99. The Labute approximate surface area is 123 Å². The van der Waals surface area contributed by atoms with Gasteiger partial charge >= 0.3 is 0 Å². The number of sulfone groups is 1. The van der Waals surface area contributed by atoms with Crippen LogP contribution in [-0.2, 0) is 14.6 Å². The molecule has 0 heterocycles. The first-order valence-electron chi connectivity index (χ1n) is 7.55. The summed E-state index contributed by atoms with van der Waals surface area (Å²) in [5.41, 5.74) is 0. The van der Waals surface area contributed by atoms with Crippen molar-refractivity contribution in [2.45, 2.75) is 51.2 Å². The Morgan fingerprint density at radius 2 is 1.95 bits per heavy atom. The summed E-state index contributed by atoms with van der Waals surface area (Å²) in [6.07, 6.45) is 6.20. The topological polar surface area (TPSA) is 75.6 Å². The Kier molecular flexibility index (Phi) is 8.02. The van der Waals surface area contributed by atoms with E-state index in [4.69, 9.17) is 4.74 Å². The van der Waals surface area contributed by atoms with Gasteiger partial charge in [0.05, 0.1) is 24.6 Å². The quantitative estimate of drug-likeness (QED) is 0.621. The molecule has 2 N–H and O–H groups in total. The lowest BCUT2D eigenvalue weighted by molar-refractivity contribution is -0.0277. The number of ether oxygens (including phenoxy) is 1. The van der Waals surface area contributed by atoms with Crippen molar-refractivity contribution in [2.24, 2.45) is 5.92 Å². The molecule has 0 aromatic rings. The van der Waals surface area contributed by atoms with Gasteiger partial charge in [-0.2, -0.15) is 0 Å². The summed E-state index contributed by atoms with van der Waals surface area (Å²) in [4.78, 5) is 0. The maximum absolute atomic E-state index is 10.9. The molecular weight excluding hydrogens is 278 g/mol. The highest BCUT2D eigenvalue weighted by molar-refractivity contribution is 7.90. The van der Waals surface area contributed by atoms with E-state index in [1.807, 2.05) is 0 Å². The molecule has 0 aliphatic heterocycles. The highest BCUT2D eigenvalue weighted by Crippen LogP contribution is 2.25. The van der Waals surface area contributed by atoms with E-state index in [1.165, 1.54) is 19.1 Å². The summed E-state index contributed by atoms with van der Waals surface area (Å²) in [6.45, 7) is 3.68. The van der Waals surface area contributed by atoms with Crippen molar-refractivity contribution in [3.05, 3.63) is 0 Å². The Morgan fingerprint density at radius 3 is 2.55 bits per heavy atom. The fourth-order valence-electron chi connectivity index (χ4n) is 2.43. The Hall–Kier alpha value is -0.170. The smallest absolute Gasteiger partial charge is 0.147 e. The van der Waals surface area contributed by atoms with Gasteiger partial charge < -0.3 is 15.2 Å². The minimum atomic E-state index is -2.88. The van der Waals surface area contributed by atoms with Crippen LogP contribution in [0.5, 0.6) is 0 Å². The fraction of sp³-hybridized carbons (Fsp3) is 1.00. The zero-order valence-corrected chi connectivity index (χ0v) is 13.5. The van der Waals surface area contributed by atoms with Crippen LogP contribution in [0.25, 0.3) is 0 Å². The molecule has 1 unspecified atom stereocenters. The third-order valence-corrected chi connectivity index (χ3v) is 4.77. The van der Waals surface area contributed by atoms with Crippen LogP contribution in [0.4, 0.5) is 0 Å². The largest absolute Gasteiger partial charge is 0.389 e. The molecule has 1 saturated carbocycles. The molecule has 1 aliphatic rings. The molecule has 0 bridgehead atoms. The van der Waals surface area contributed by atoms with Crippen LogP contribution < -0.4 is 5.32 Å². The highest BCUT2D eigenvalue weighted by Gasteiger charge is 2.19. The van der Waals surface area contributed by atoms with Crippen molar-refractivity contribution in [1.82, 2.24) is 5.32 Å². The molecule has 5 nitrogen and oxygen atoms in total. The van der Waals surface area contributed by atoms with Crippen LogP contribution in [0.1, 0.15) is 39.0 Å². The van der Waals surface area contributed by atoms with Crippen LogP contribution in [-0.4, -0.2) is 57.4 Å². The van der Waals surface area contributed by atoms with Crippen molar-refractivity contribution >= 4 is 9.84 Å². The second-order valence-electron chi connectivity index (χ2n) is 6.06. The van der Waals surface area contributed by atoms with Crippen molar-refractivity contribution in [3.63, 3.8) is 0 Å². The first kappa shape index (κ1) is 17.9. The molecule has 0 saturated heterocycles. The number of aliphatic hydroxyl groups is 1. The van der Waals surface area contributed by atoms with Gasteiger partial charge in [0.15, 0.2) is 0 Å². The third-order valence-electron chi connectivity index (χ3n) is 3.74. The highest BCUT2D eigenvalue weighted by atomic mass is 32.2.